The molecule has 0 unspecified atom stereocenters. The van der Waals surface area contributed by atoms with E-state index < -0.39 is 10.2 Å². The molecule has 0 aliphatic heterocycles. The van der Waals surface area contributed by atoms with Crippen molar-refractivity contribution in [2.45, 2.75) is 45.4 Å². The molecule has 0 spiro atoms. The predicted molar refractivity (Wildman–Crippen MR) is 50.7 cm³/mol. The molecule has 0 aromatic carbocycles. The second-order valence-electron chi connectivity index (χ2n) is 4.41. The highest BCUT2D eigenvalue weighted by molar-refractivity contribution is 7.86. The average Bonchev–Trinajstić information content (AvgIpc) is 2.09. The standard InChI is InChI=1S/C9H17FO2S/c1-9(8-13(10,11)12)6-4-2-3-5-7-9/h2-8H2,1H3. The van der Waals surface area contributed by atoms with Crippen molar-refractivity contribution < 1.29 is 12.3 Å². The Morgan fingerprint density at radius 3 is 2.00 bits per heavy atom. The van der Waals surface area contributed by atoms with Crippen molar-refractivity contribution in [1.29, 1.82) is 0 Å². The molecule has 1 aliphatic carbocycles. The monoisotopic (exact) mass is 208 g/mol. The number of halogens is 1. The zero-order valence-corrected chi connectivity index (χ0v) is 8.87. The first kappa shape index (κ1) is 11.0. The second-order valence-corrected chi connectivity index (χ2v) is 5.77. The van der Waals surface area contributed by atoms with Crippen LogP contribution in [0.15, 0.2) is 0 Å². The lowest BCUT2D eigenvalue weighted by atomic mass is 9.85. The second kappa shape index (κ2) is 3.95. The van der Waals surface area contributed by atoms with Gasteiger partial charge in [-0.1, -0.05) is 32.6 Å². The van der Waals surface area contributed by atoms with Crippen LogP contribution in [0.4, 0.5) is 3.89 Å². The Bertz CT molecular complexity index is 251. The fraction of sp³-hybridized carbons (Fsp3) is 1.00. The van der Waals surface area contributed by atoms with Crippen LogP contribution in [0.25, 0.3) is 0 Å². The largest absolute Gasteiger partial charge is 0.302 e. The molecule has 1 aliphatic rings. The van der Waals surface area contributed by atoms with Crippen molar-refractivity contribution in [1.82, 2.24) is 0 Å². The number of rotatable bonds is 2. The summed E-state index contributed by atoms with van der Waals surface area (Å²) in [7, 11) is -4.30. The highest BCUT2D eigenvalue weighted by Gasteiger charge is 2.31. The van der Waals surface area contributed by atoms with E-state index in [1.807, 2.05) is 6.92 Å². The molecular weight excluding hydrogens is 191 g/mol. The van der Waals surface area contributed by atoms with Gasteiger partial charge in [-0.25, -0.2) is 0 Å². The molecule has 13 heavy (non-hydrogen) atoms. The fourth-order valence-corrected chi connectivity index (χ4v) is 3.26. The molecule has 0 heterocycles. The van der Waals surface area contributed by atoms with Gasteiger partial charge in [0.15, 0.2) is 0 Å². The summed E-state index contributed by atoms with van der Waals surface area (Å²) in [6, 6.07) is 0. The van der Waals surface area contributed by atoms with Gasteiger partial charge in [0.2, 0.25) is 0 Å². The Morgan fingerprint density at radius 1 is 1.15 bits per heavy atom. The van der Waals surface area contributed by atoms with E-state index in [1.165, 1.54) is 0 Å². The first-order valence-corrected chi connectivity index (χ1v) is 6.39. The maximum Gasteiger partial charge on any atom is 0.302 e. The van der Waals surface area contributed by atoms with Crippen LogP contribution in [0.3, 0.4) is 0 Å². The average molecular weight is 208 g/mol. The molecule has 1 rings (SSSR count). The molecule has 1 fully saturated rings. The summed E-state index contributed by atoms with van der Waals surface area (Å²) >= 11 is 0. The van der Waals surface area contributed by atoms with E-state index in [2.05, 4.69) is 0 Å². The van der Waals surface area contributed by atoms with E-state index in [0.717, 1.165) is 38.5 Å². The molecule has 0 bridgehead atoms. The maximum atomic E-state index is 12.5. The molecule has 0 N–H and O–H groups in total. The van der Waals surface area contributed by atoms with Gasteiger partial charge in [0, 0.05) is 0 Å². The van der Waals surface area contributed by atoms with Crippen molar-refractivity contribution >= 4 is 10.2 Å². The van der Waals surface area contributed by atoms with Gasteiger partial charge >= 0.3 is 10.2 Å². The van der Waals surface area contributed by atoms with Gasteiger partial charge in [-0.05, 0) is 18.3 Å². The van der Waals surface area contributed by atoms with Crippen LogP contribution in [0.5, 0.6) is 0 Å². The minimum atomic E-state index is -4.30. The first-order chi connectivity index (χ1) is 5.91. The zero-order valence-electron chi connectivity index (χ0n) is 8.05. The lowest BCUT2D eigenvalue weighted by Crippen LogP contribution is -2.24. The lowest BCUT2D eigenvalue weighted by Gasteiger charge is -2.25. The van der Waals surface area contributed by atoms with Gasteiger partial charge in [0.1, 0.15) is 0 Å². The summed E-state index contributed by atoms with van der Waals surface area (Å²) in [5.41, 5.74) is -0.315. The van der Waals surface area contributed by atoms with Gasteiger partial charge in [0.25, 0.3) is 0 Å². The van der Waals surface area contributed by atoms with E-state index >= 15 is 0 Å². The Labute approximate surface area is 79.7 Å². The van der Waals surface area contributed by atoms with Crippen LogP contribution < -0.4 is 0 Å². The van der Waals surface area contributed by atoms with Crippen LogP contribution in [0.1, 0.15) is 45.4 Å². The molecule has 4 heteroatoms. The van der Waals surface area contributed by atoms with Crippen LogP contribution >= 0.6 is 0 Å². The Hall–Kier alpha value is -0.120. The van der Waals surface area contributed by atoms with Crippen LogP contribution in [0, 0.1) is 5.41 Å². The fourth-order valence-electron chi connectivity index (χ4n) is 2.14. The third-order valence-electron chi connectivity index (χ3n) is 2.83. The zero-order chi connectivity index (χ0) is 9.95. The van der Waals surface area contributed by atoms with Crippen LogP contribution in [-0.2, 0) is 10.2 Å². The summed E-state index contributed by atoms with van der Waals surface area (Å²) < 4.78 is 33.6. The minimum absolute atomic E-state index is 0.292. The van der Waals surface area contributed by atoms with Gasteiger partial charge in [-0.3, -0.25) is 0 Å². The Kier molecular flexibility index (Phi) is 3.33. The Morgan fingerprint density at radius 2 is 1.62 bits per heavy atom. The van der Waals surface area contributed by atoms with Crippen molar-refractivity contribution in [2.75, 3.05) is 5.75 Å². The molecule has 0 saturated heterocycles. The molecule has 0 radical (unpaired) electrons. The van der Waals surface area contributed by atoms with Gasteiger partial charge in [-0.2, -0.15) is 8.42 Å². The van der Waals surface area contributed by atoms with Crippen molar-refractivity contribution in [3.63, 3.8) is 0 Å². The third-order valence-corrected chi connectivity index (χ3v) is 3.87. The summed E-state index contributed by atoms with van der Waals surface area (Å²) in [5.74, 6) is -0.292. The molecule has 2 nitrogen and oxygen atoms in total. The molecule has 78 valence electrons. The van der Waals surface area contributed by atoms with Crippen LogP contribution in [-0.4, -0.2) is 14.2 Å². The smallest absolute Gasteiger partial charge is 0.195 e. The van der Waals surface area contributed by atoms with Crippen molar-refractivity contribution in [2.24, 2.45) is 5.41 Å². The van der Waals surface area contributed by atoms with Gasteiger partial charge < -0.3 is 0 Å². The molecule has 0 aromatic heterocycles. The summed E-state index contributed by atoms with van der Waals surface area (Å²) in [4.78, 5) is 0. The minimum Gasteiger partial charge on any atom is -0.195 e. The van der Waals surface area contributed by atoms with Crippen molar-refractivity contribution in [3.05, 3.63) is 0 Å². The lowest BCUT2D eigenvalue weighted by molar-refractivity contribution is 0.312. The quantitative estimate of drug-likeness (QED) is 0.516. The SMILES string of the molecule is CC1(CS(=O)(=O)F)CCCCCC1. The van der Waals surface area contributed by atoms with E-state index in [4.69, 9.17) is 0 Å². The summed E-state index contributed by atoms with van der Waals surface area (Å²) in [6.07, 6.45) is 6.06. The maximum absolute atomic E-state index is 12.5. The van der Waals surface area contributed by atoms with E-state index in [0.29, 0.717) is 0 Å². The summed E-state index contributed by atoms with van der Waals surface area (Å²) in [6.45, 7) is 1.88. The topological polar surface area (TPSA) is 34.1 Å². The number of hydrogen-bond acceptors (Lipinski definition) is 2. The molecule has 1 saturated carbocycles. The molecule has 0 aromatic rings. The third kappa shape index (κ3) is 4.07. The van der Waals surface area contributed by atoms with Gasteiger partial charge in [-0.15, -0.1) is 3.89 Å². The van der Waals surface area contributed by atoms with E-state index in [-0.39, 0.29) is 11.2 Å². The van der Waals surface area contributed by atoms with Gasteiger partial charge in [0.05, 0.1) is 5.75 Å². The predicted octanol–water partition coefficient (Wildman–Crippen LogP) is 2.65. The molecule has 0 amide bonds. The highest BCUT2D eigenvalue weighted by Crippen LogP contribution is 2.35. The highest BCUT2D eigenvalue weighted by atomic mass is 32.3. The summed E-state index contributed by atoms with van der Waals surface area (Å²) in [5, 5.41) is 0. The number of hydrogen-bond donors (Lipinski definition) is 0. The Balaban J connectivity index is 2.62. The van der Waals surface area contributed by atoms with E-state index in [1.54, 1.807) is 0 Å². The normalized spacial score (nSPS) is 23.8. The molecular formula is C9H17FO2S. The van der Waals surface area contributed by atoms with E-state index in [9.17, 15) is 12.3 Å². The molecule has 0 atom stereocenters. The van der Waals surface area contributed by atoms with Crippen molar-refractivity contribution in [3.8, 4) is 0 Å². The first-order valence-electron chi connectivity index (χ1n) is 4.84. The van der Waals surface area contributed by atoms with Crippen LogP contribution in [0.2, 0.25) is 0 Å².